The number of hydrogen-bond acceptors (Lipinski definition) is 5. The largest absolute Gasteiger partial charge is 0.321 e. The summed E-state index contributed by atoms with van der Waals surface area (Å²) in [4.78, 5) is 44.4. The van der Waals surface area contributed by atoms with E-state index in [0.29, 0.717) is 23.5 Å². The molecule has 4 aromatic rings. The molecule has 2 aromatic heterocycles. The SMILES string of the molecule is CCCCc1ccc(NC(=O)c2c(C(=O)Nc3ccc(F)cc3)sc3nc(CCC)cc(=O)n23)cc1. The average Bonchev–Trinajstić information content (AvgIpc) is 3.26. The quantitative estimate of drug-likeness (QED) is 0.305. The summed E-state index contributed by atoms with van der Waals surface area (Å²) >= 11 is 0.964. The van der Waals surface area contributed by atoms with Gasteiger partial charge in [-0.25, -0.2) is 13.8 Å². The lowest BCUT2D eigenvalue weighted by atomic mass is 10.1. The van der Waals surface area contributed by atoms with Crippen LogP contribution in [-0.2, 0) is 12.8 Å². The summed E-state index contributed by atoms with van der Waals surface area (Å²) in [5.74, 6) is -1.62. The van der Waals surface area contributed by atoms with Crippen LogP contribution in [0.2, 0.25) is 0 Å². The van der Waals surface area contributed by atoms with Crippen molar-refractivity contribution in [2.75, 3.05) is 10.6 Å². The molecule has 2 heterocycles. The summed E-state index contributed by atoms with van der Waals surface area (Å²) in [5, 5.41) is 5.48. The molecule has 0 saturated carbocycles. The van der Waals surface area contributed by atoms with Crippen molar-refractivity contribution in [3.05, 3.63) is 92.6 Å². The van der Waals surface area contributed by atoms with Crippen LogP contribution in [0.5, 0.6) is 0 Å². The fourth-order valence-electron chi connectivity index (χ4n) is 3.81. The summed E-state index contributed by atoms with van der Waals surface area (Å²) in [6, 6.07) is 14.2. The molecule has 0 aliphatic heterocycles. The van der Waals surface area contributed by atoms with Gasteiger partial charge in [-0.15, -0.1) is 0 Å². The van der Waals surface area contributed by atoms with Gasteiger partial charge in [-0.1, -0.05) is 50.2 Å². The molecule has 0 aliphatic rings. The monoisotopic (exact) mass is 506 g/mol. The molecule has 0 spiro atoms. The van der Waals surface area contributed by atoms with Crippen LogP contribution >= 0.6 is 11.3 Å². The van der Waals surface area contributed by atoms with Crippen molar-refractivity contribution < 1.29 is 14.0 Å². The second-order valence-electron chi connectivity index (χ2n) is 8.45. The molecule has 0 fully saturated rings. The maximum absolute atomic E-state index is 13.4. The first kappa shape index (κ1) is 25.2. The highest BCUT2D eigenvalue weighted by molar-refractivity contribution is 7.19. The van der Waals surface area contributed by atoms with E-state index in [1.165, 1.54) is 40.3 Å². The number of halogens is 1. The molecule has 2 N–H and O–H groups in total. The van der Waals surface area contributed by atoms with Crippen LogP contribution in [0.4, 0.5) is 15.8 Å². The number of nitrogens with one attached hydrogen (secondary N) is 2. The molecule has 9 heteroatoms. The van der Waals surface area contributed by atoms with Crippen molar-refractivity contribution in [3.8, 4) is 0 Å². The Bertz CT molecular complexity index is 1440. The molecule has 0 radical (unpaired) electrons. The summed E-state index contributed by atoms with van der Waals surface area (Å²) < 4.78 is 14.5. The molecule has 0 saturated heterocycles. The second kappa shape index (κ2) is 11.3. The number of unbranched alkanes of at least 4 members (excludes halogenated alkanes) is 1. The third-order valence-electron chi connectivity index (χ3n) is 5.63. The smallest absolute Gasteiger partial charge is 0.274 e. The fraction of sp³-hybridized carbons (Fsp3) is 0.259. The highest BCUT2D eigenvalue weighted by Gasteiger charge is 2.26. The van der Waals surface area contributed by atoms with Crippen molar-refractivity contribution >= 4 is 39.5 Å². The van der Waals surface area contributed by atoms with Crippen molar-refractivity contribution in [2.24, 2.45) is 0 Å². The van der Waals surface area contributed by atoms with Crippen molar-refractivity contribution in [1.82, 2.24) is 9.38 Å². The molecule has 2 amide bonds. The zero-order valence-corrected chi connectivity index (χ0v) is 21.0. The first-order valence-corrected chi connectivity index (χ1v) is 12.7. The number of benzene rings is 2. The Hall–Kier alpha value is -3.85. The molecular formula is C27H27FN4O3S. The average molecular weight is 507 g/mol. The van der Waals surface area contributed by atoms with E-state index in [1.807, 2.05) is 19.1 Å². The van der Waals surface area contributed by atoms with E-state index >= 15 is 0 Å². The van der Waals surface area contributed by atoms with Gasteiger partial charge in [-0.3, -0.25) is 14.4 Å². The van der Waals surface area contributed by atoms with Crippen molar-refractivity contribution in [2.45, 2.75) is 46.0 Å². The van der Waals surface area contributed by atoms with Crippen molar-refractivity contribution in [3.63, 3.8) is 0 Å². The number of carbonyl (C=O) groups is 2. The number of aryl methyl sites for hydroxylation is 2. The summed E-state index contributed by atoms with van der Waals surface area (Å²) in [7, 11) is 0. The third kappa shape index (κ3) is 5.68. The van der Waals surface area contributed by atoms with Crippen LogP contribution < -0.4 is 16.2 Å². The van der Waals surface area contributed by atoms with Gasteiger partial charge in [0.15, 0.2) is 4.96 Å². The maximum atomic E-state index is 13.4. The standard InChI is InChI=1S/C27H27FN4O3S/c1-3-5-7-17-8-12-19(13-9-17)29-25(34)23-24(26(35)30-20-14-10-18(28)11-15-20)36-27-31-21(6-4-2)16-22(33)32(23)27/h8-16H,3-7H2,1-2H3,(H,29,34)(H,30,35). The highest BCUT2D eigenvalue weighted by atomic mass is 32.1. The number of anilines is 2. The van der Waals surface area contributed by atoms with E-state index in [2.05, 4.69) is 22.5 Å². The minimum Gasteiger partial charge on any atom is -0.321 e. The van der Waals surface area contributed by atoms with Gasteiger partial charge >= 0.3 is 0 Å². The molecule has 0 atom stereocenters. The van der Waals surface area contributed by atoms with Gasteiger partial charge in [0, 0.05) is 23.1 Å². The first-order chi connectivity index (χ1) is 17.4. The van der Waals surface area contributed by atoms with Crippen molar-refractivity contribution in [1.29, 1.82) is 0 Å². The Kier molecular flexibility index (Phi) is 7.90. The molecule has 2 aromatic carbocycles. The van der Waals surface area contributed by atoms with E-state index < -0.39 is 23.2 Å². The van der Waals surface area contributed by atoms with Gasteiger partial charge in [-0.2, -0.15) is 0 Å². The molecule has 36 heavy (non-hydrogen) atoms. The lowest BCUT2D eigenvalue weighted by Crippen LogP contribution is -2.25. The number of nitrogens with zero attached hydrogens (tertiary/aromatic N) is 2. The molecule has 0 unspecified atom stereocenters. The Balaban J connectivity index is 1.71. The maximum Gasteiger partial charge on any atom is 0.274 e. The van der Waals surface area contributed by atoms with E-state index in [4.69, 9.17) is 0 Å². The topological polar surface area (TPSA) is 92.6 Å². The number of rotatable bonds is 9. The second-order valence-corrected chi connectivity index (χ2v) is 9.43. The van der Waals surface area contributed by atoms with E-state index in [1.54, 1.807) is 12.1 Å². The van der Waals surface area contributed by atoms with Crippen LogP contribution in [-0.4, -0.2) is 21.2 Å². The predicted octanol–water partition coefficient (Wildman–Crippen LogP) is 5.69. The lowest BCUT2D eigenvalue weighted by molar-refractivity contribution is 0.0989. The number of aromatic nitrogens is 2. The van der Waals surface area contributed by atoms with Crippen LogP contribution in [0, 0.1) is 5.82 Å². The van der Waals surface area contributed by atoms with E-state index in [0.717, 1.165) is 37.0 Å². The van der Waals surface area contributed by atoms with Gasteiger partial charge in [0.05, 0.1) is 0 Å². The number of hydrogen-bond donors (Lipinski definition) is 2. The molecule has 0 aliphatic carbocycles. The zero-order valence-electron chi connectivity index (χ0n) is 20.1. The molecule has 186 valence electrons. The number of fused-ring (bicyclic) bond motifs is 1. The summed E-state index contributed by atoms with van der Waals surface area (Å²) in [5.41, 5.74) is 2.15. The number of carbonyl (C=O) groups excluding carboxylic acids is 2. The van der Waals surface area contributed by atoms with Crippen LogP contribution in [0.3, 0.4) is 0 Å². The molecular weight excluding hydrogens is 479 g/mol. The Morgan fingerprint density at radius 3 is 2.19 bits per heavy atom. The third-order valence-corrected chi connectivity index (χ3v) is 6.67. The molecule has 4 rings (SSSR count). The van der Waals surface area contributed by atoms with Crippen LogP contribution in [0.25, 0.3) is 4.96 Å². The van der Waals surface area contributed by atoms with Crippen LogP contribution in [0.1, 0.15) is 64.5 Å². The number of amides is 2. The minimum atomic E-state index is -0.598. The lowest BCUT2D eigenvalue weighted by Gasteiger charge is -2.09. The van der Waals surface area contributed by atoms with Gasteiger partial charge in [0.25, 0.3) is 17.4 Å². The van der Waals surface area contributed by atoms with E-state index in [-0.39, 0.29) is 15.5 Å². The van der Waals surface area contributed by atoms with E-state index in [9.17, 15) is 18.8 Å². The Labute approximate surface area is 212 Å². The highest BCUT2D eigenvalue weighted by Crippen LogP contribution is 2.24. The Morgan fingerprint density at radius 1 is 0.917 bits per heavy atom. The Morgan fingerprint density at radius 2 is 1.56 bits per heavy atom. The minimum absolute atomic E-state index is 0.0367. The molecule has 7 nitrogen and oxygen atoms in total. The fourth-order valence-corrected chi connectivity index (χ4v) is 4.85. The van der Waals surface area contributed by atoms with Gasteiger partial charge < -0.3 is 10.6 Å². The molecule has 0 bridgehead atoms. The van der Waals surface area contributed by atoms with Gasteiger partial charge in [0.2, 0.25) is 0 Å². The predicted molar refractivity (Wildman–Crippen MR) is 141 cm³/mol. The van der Waals surface area contributed by atoms with Gasteiger partial charge in [0.1, 0.15) is 16.4 Å². The van der Waals surface area contributed by atoms with Crippen LogP contribution in [0.15, 0.2) is 59.4 Å². The van der Waals surface area contributed by atoms with Gasteiger partial charge in [-0.05, 0) is 61.2 Å². The summed E-state index contributed by atoms with van der Waals surface area (Å²) in [6.45, 7) is 4.11. The first-order valence-electron chi connectivity index (χ1n) is 11.9. The summed E-state index contributed by atoms with van der Waals surface area (Å²) in [6.07, 6.45) is 4.53. The number of thiazole rings is 1. The normalized spacial score (nSPS) is 11.0. The zero-order chi connectivity index (χ0) is 25.7.